The van der Waals surface area contributed by atoms with Gasteiger partial charge in [-0.3, -0.25) is 0 Å². The first-order valence-corrected chi connectivity index (χ1v) is 6.85. The van der Waals surface area contributed by atoms with E-state index >= 15 is 0 Å². The number of halogens is 2. The lowest BCUT2D eigenvalue weighted by Gasteiger charge is -2.23. The SMILES string of the molecule is CC(C)NCC(C)C(C)c1cc(Cl)ccc1Cl. The van der Waals surface area contributed by atoms with Crippen LogP contribution in [0, 0.1) is 5.92 Å². The Balaban J connectivity index is 2.74. The molecule has 0 aliphatic carbocycles. The Hall–Kier alpha value is -0.240. The molecule has 0 amide bonds. The molecule has 0 spiro atoms. The van der Waals surface area contributed by atoms with Gasteiger partial charge in [0.2, 0.25) is 0 Å². The molecule has 0 fully saturated rings. The lowest BCUT2D eigenvalue weighted by Crippen LogP contribution is -2.29. The molecule has 1 rings (SSSR count). The van der Waals surface area contributed by atoms with Crippen molar-refractivity contribution in [1.82, 2.24) is 5.32 Å². The Kier molecular flexibility index (Phi) is 5.78. The van der Waals surface area contributed by atoms with E-state index in [1.807, 2.05) is 18.2 Å². The normalized spacial score (nSPS) is 15.0. The van der Waals surface area contributed by atoms with Crippen molar-refractivity contribution in [2.45, 2.75) is 39.7 Å². The maximum Gasteiger partial charge on any atom is 0.0441 e. The average molecular weight is 274 g/mol. The molecule has 0 radical (unpaired) electrons. The van der Waals surface area contributed by atoms with Gasteiger partial charge in [0, 0.05) is 16.1 Å². The second-order valence-electron chi connectivity index (χ2n) is 4.99. The van der Waals surface area contributed by atoms with E-state index in [-0.39, 0.29) is 0 Å². The quantitative estimate of drug-likeness (QED) is 0.818. The van der Waals surface area contributed by atoms with Crippen molar-refractivity contribution in [2.24, 2.45) is 5.92 Å². The molecule has 1 nitrogen and oxygen atoms in total. The van der Waals surface area contributed by atoms with Crippen LogP contribution in [0.15, 0.2) is 18.2 Å². The number of hydrogen-bond acceptors (Lipinski definition) is 1. The molecule has 2 unspecified atom stereocenters. The van der Waals surface area contributed by atoms with Gasteiger partial charge >= 0.3 is 0 Å². The van der Waals surface area contributed by atoms with E-state index in [9.17, 15) is 0 Å². The molecule has 0 saturated heterocycles. The second-order valence-corrected chi connectivity index (χ2v) is 5.84. The van der Waals surface area contributed by atoms with Crippen LogP contribution in [0.5, 0.6) is 0 Å². The summed E-state index contributed by atoms with van der Waals surface area (Å²) in [5.41, 5.74) is 1.14. The molecular formula is C14H21Cl2N. The number of benzene rings is 1. The van der Waals surface area contributed by atoms with Crippen LogP contribution in [0.2, 0.25) is 10.0 Å². The highest BCUT2D eigenvalue weighted by Crippen LogP contribution is 2.31. The Bertz CT molecular complexity index is 363. The molecule has 0 aromatic heterocycles. The molecule has 2 atom stereocenters. The summed E-state index contributed by atoms with van der Waals surface area (Å²) in [5.74, 6) is 0.917. The fourth-order valence-electron chi connectivity index (χ4n) is 1.77. The molecule has 0 bridgehead atoms. The average Bonchev–Trinajstić information content (AvgIpc) is 2.28. The summed E-state index contributed by atoms with van der Waals surface area (Å²) >= 11 is 12.2. The van der Waals surface area contributed by atoms with Gasteiger partial charge in [-0.2, -0.15) is 0 Å². The highest BCUT2D eigenvalue weighted by Gasteiger charge is 2.17. The van der Waals surface area contributed by atoms with Crippen molar-refractivity contribution >= 4 is 23.2 Å². The third-order valence-corrected chi connectivity index (χ3v) is 3.73. The lowest BCUT2D eigenvalue weighted by molar-refractivity contribution is 0.426. The maximum atomic E-state index is 6.22. The van der Waals surface area contributed by atoms with Crippen LogP contribution in [0.3, 0.4) is 0 Å². The minimum Gasteiger partial charge on any atom is -0.314 e. The summed E-state index contributed by atoms with van der Waals surface area (Å²) in [5, 5.41) is 5.01. The molecule has 96 valence electrons. The summed E-state index contributed by atoms with van der Waals surface area (Å²) in [6.07, 6.45) is 0. The Morgan fingerprint density at radius 2 is 1.76 bits per heavy atom. The van der Waals surface area contributed by atoms with Crippen LogP contribution >= 0.6 is 23.2 Å². The first kappa shape index (κ1) is 14.8. The van der Waals surface area contributed by atoms with Crippen LogP contribution in [-0.4, -0.2) is 12.6 Å². The fourth-order valence-corrected chi connectivity index (χ4v) is 2.24. The zero-order chi connectivity index (χ0) is 13.0. The fraction of sp³-hybridized carbons (Fsp3) is 0.571. The molecular weight excluding hydrogens is 253 g/mol. The van der Waals surface area contributed by atoms with Crippen molar-refractivity contribution in [3.63, 3.8) is 0 Å². The van der Waals surface area contributed by atoms with Gasteiger partial charge in [-0.1, -0.05) is 50.9 Å². The zero-order valence-electron chi connectivity index (χ0n) is 10.9. The summed E-state index contributed by atoms with van der Waals surface area (Å²) in [6, 6.07) is 6.19. The number of nitrogens with one attached hydrogen (secondary N) is 1. The molecule has 1 aromatic rings. The Morgan fingerprint density at radius 1 is 1.12 bits per heavy atom. The van der Waals surface area contributed by atoms with E-state index in [1.165, 1.54) is 0 Å². The van der Waals surface area contributed by atoms with Gasteiger partial charge in [0.15, 0.2) is 0 Å². The third-order valence-electron chi connectivity index (χ3n) is 3.15. The summed E-state index contributed by atoms with van der Waals surface area (Å²) in [6.45, 7) is 9.73. The molecule has 1 aromatic carbocycles. The highest BCUT2D eigenvalue weighted by molar-refractivity contribution is 6.33. The van der Waals surface area contributed by atoms with Gasteiger partial charge in [-0.15, -0.1) is 0 Å². The van der Waals surface area contributed by atoms with Crippen molar-refractivity contribution in [3.05, 3.63) is 33.8 Å². The summed E-state index contributed by atoms with van der Waals surface area (Å²) < 4.78 is 0. The van der Waals surface area contributed by atoms with Crippen LogP contribution in [-0.2, 0) is 0 Å². The van der Waals surface area contributed by atoms with Gasteiger partial charge < -0.3 is 5.32 Å². The van der Waals surface area contributed by atoms with E-state index in [4.69, 9.17) is 23.2 Å². The smallest absolute Gasteiger partial charge is 0.0441 e. The van der Waals surface area contributed by atoms with Crippen molar-refractivity contribution in [3.8, 4) is 0 Å². The monoisotopic (exact) mass is 273 g/mol. The number of rotatable bonds is 5. The largest absolute Gasteiger partial charge is 0.314 e. The third kappa shape index (κ3) is 4.50. The molecule has 0 aliphatic rings. The van der Waals surface area contributed by atoms with E-state index in [0.29, 0.717) is 17.9 Å². The van der Waals surface area contributed by atoms with Gasteiger partial charge in [-0.05, 0) is 42.1 Å². The van der Waals surface area contributed by atoms with Gasteiger partial charge in [0.05, 0.1) is 0 Å². The molecule has 3 heteroatoms. The molecule has 0 aliphatic heterocycles. The summed E-state index contributed by atoms with van der Waals surface area (Å²) in [4.78, 5) is 0. The van der Waals surface area contributed by atoms with E-state index in [1.54, 1.807) is 0 Å². The van der Waals surface area contributed by atoms with Crippen LogP contribution in [0.1, 0.15) is 39.2 Å². The first-order chi connectivity index (χ1) is 7.91. The Morgan fingerprint density at radius 3 is 2.35 bits per heavy atom. The van der Waals surface area contributed by atoms with Crippen LogP contribution in [0.25, 0.3) is 0 Å². The predicted octanol–water partition coefficient (Wildman–Crippen LogP) is 4.73. The van der Waals surface area contributed by atoms with Crippen LogP contribution < -0.4 is 5.32 Å². The van der Waals surface area contributed by atoms with Gasteiger partial charge in [-0.25, -0.2) is 0 Å². The van der Waals surface area contributed by atoms with E-state index < -0.39 is 0 Å². The molecule has 1 N–H and O–H groups in total. The standard InChI is InChI=1S/C14H21Cl2N/c1-9(2)17-8-10(3)11(4)13-7-12(15)5-6-14(13)16/h5-7,9-11,17H,8H2,1-4H3. The highest BCUT2D eigenvalue weighted by atomic mass is 35.5. The zero-order valence-corrected chi connectivity index (χ0v) is 12.4. The van der Waals surface area contributed by atoms with Crippen molar-refractivity contribution in [1.29, 1.82) is 0 Å². The lowest BCUT2D eigenvalue weighted by atomic mass is 9.88. The minimum absolute atomic E-state index is 0.396. The molecule has 0 saturated carbocycles. The number of hydrogen-bond donors (Lipinski definition) is 1. The first-order valence-electron chi connectivity index (χ1n) is 6.10. The van der Waals surface area contributed by atoms with Gasteiger partial charge in [0.1, 0.15) is 0 Å². The van der Waals surface area contributed by atoms with Gasteiger partial charge in [0.25, 0.3) is 0 Å². The Labute approximate surface area is 115 Å². The van der Waals surface area contributed by atoms with E-state index in [2.05, 4.69) is 33.0 Å². The maximum absolute atomic E-state index is 6.22. The predicted molar refractivity (Wildman–Crippen MR) is 77.2 cm³/mol. The van der Waals surface area contributed by atoms with Crippen molar-refractivity contribution in [2.75, 3.05) is 6.54 Å². The topological polar surface area (TPSA) is 12.0 Å². The van der Waals surface area contributed by atoms with Crippen LogP contribution in [0.4, 0.5) is 0 Å². The second kappa shape index (κ2) is 6.63. The minimum atomic E-state index is 0.396. The molecule has 0 heterocycles. The van der Waals surface area contributed by atoms with E-state index in [0.717, 1.165) is 22.2 Å². The van der Waals surface area contributed by atoms with Crippen molar-refractivity contribution < 1.29 is 0 Å². The molecule has 17 heavy (non-hydrogen) atoms. The summed E-state index contributed by atoms with van der Waals surface area (Å²) in [7, 11) is 0.